The first kappa shape index (κ1) is 12.8. The van der Waals surface area contributed by atoms with E-state index in [0.29, 0.717) is 11.6 Å². The third-order valence-electron chi connectivity index (χ3n) is 3.44. The van der Waals surface area contributed by atoms with Gasteiger partial charge in [0, 0.05) is 19.3 Å². The molecule has 1 aromatic carbocycles. The van der Waals surface area contributed by atoms with Crippen LogP contribution in [0.25, 0.3) is 5.57 Å². The molecule has 0 aliphatic carbocycles. The number of aliphatic hydroxyl groups excluding tert-OH is 1. The van der Waals surface area contributed by atoms with Crippen LogP contribution in [0.5, 0.6) is 0 Å². The third kappa shape index (κ3) is 2.70. The number of aliphatic hydroxyl groups is 1. The summed E-state index contributed by atoms with van der Waals surface area (Å²) in [6.45, 7) is 1.66. The van der Waals surface area contributed by atoms with Gasteiger partial charge in [0.15, 0.2) is 0 Å². The Labute approximate surface area is 118 Å². The number of benzene rings is 1. The Kier molecular flexibility index (Phi) is 3.74. The predicted octanol–water partition coefficient (Wildman–Crippen LogP) is 2.26. The van der Waals surface area contributed by atoms with E-state index in [4.69, 9.17) is 0 Å². The van der Waals surface area contributed by atoms with Crippen molar-refractivity contribution in [3.05, 3.63) is 59.9 Å². The summed E-state index contributed by atoms with van der Waals surface area (Å²) in [6, 6.07) is 12.1. The highest BCUT2D eigenvalue weighted by Crippen LogP contribution is 2.23. The number of aromatic nitrogens is 2. The quantitative estimate of drug-likeness (QED) is 0.926. The SMILES string of the molecule is OCc1ccnc(N2CCC=C(c3ccccc3)C2)n1. The zero-order valence-corrected chi connectivity index (χ0v) is 11.2. The molecule has 0 amide bonds. The van der Waals surface area contributed by atoms with E-state index in [9.17, 15) is 5.11 Å². The normalized spacial score (nSPS) is 15.1. The molecule has 4 nitrogen and oxygen atoms in total. The Bertz CT molecular complexity index is 610. The van der Waals surface area contributed by atoms with Gasteiger partial charge in [0.25, 0.3) is 0 Å². The van der Waals surface area contributed by atoms with Gasteiger partial charge >= 0.3 is 0 Å². The molecule has 0 fully saturated rings. The van der Waals surface area contributed by atoms with Crippen LogP contribution in [0.15, 0.2) is 48.7 Å². The van der Waals surface area contributed by atoms with E-state index < -0.39 is 0 Å². The Morgan fingerprint density at radius 2 is 2.00 bits per heavy atom. The maximum Gasteiger partial charge on any atom is 0.225 e. The first-order valence-corrected chi connectivity index (χ1v) is 6.79. The second kappa shape index (κ2) is 5.84. The van der Waals surface area contributed by atoms with E-state index >= 15 is 0 Å². The Morgan fingerprint density at radius 3 is 2.80 bits per heavy atom. The van der Waals surface area contributed by atoms with Gasteiger partial charge in [-0.1, -0.05) is 36.4 Å². The maximum absolute atomic E-state index is 9.17. The minimum Gasteiger partial charge on any atom is -0.390 e. The minimum absolute atomic E-state index is 0.0509. The lowest BCUT2D eigenvalue weighted by Crippen LogP contribution is -2.31. The molecule has 1 N–H and O–H groups in total. The monoisotopic (exact) mass is 267 g/mol. The fraction of sp³-hybridized carbons (Fsp3) is 0.250. The standard InChI is InChI=1S/C16H17N3O/c20-12-15-8-9-17-16(18-15)19-10-4-7-14(11-19)13-5-2-1-3-6-13/h1-3,5-9,20H,4,10-12H2. The van der Waals surface area contributed by atoms with Crippen molar-refractivity contribution in [2.24, 2.45) is 0 Å². The second-order valence-corrected chi connectivity index (χ2v) is 4.81. The molecular weight excluding hydrogens is 250 g/mol. The van der Waals surface area contributed by atoms with Crippen LogP contribution in [0.2, 0.25) is 0 Å². The summed E-state index contributed by atoms with van der Waals surface area (Å²) >= 11 is 0. The number of rotatable bonds is 3. The average Bonchev–Trinajstić information content (AvgIpc) is 2.56. The molecule has 2 aromatic rings. The molecule has 102 valence electrons. The molecule has 0 bridgehead atoms. The average molecular weight is 267 g/mol. The summed E-state index contributed by atoms with van der Waals surface area (Å²) in [5.74, 6) is 0.693. The molecule has 3 rings (SSSR count). The van der Waals surface area contributed by atoms with Crippen molar-refractivity contribution >= 4 is 11.5 Å². The maximum atomic E-state index is 9.17. The smallest absolute Gasteiger partial charge is 0.225 e. The van der Waals surface area contributed by atoms with Gasteiger partial charge in [-0.15, -0.1) is 0 Å². The van der Waals surface area contributed by atoms with Crippen LogP contribution < -0.4 is 4.90 Å². The summed E-state index contributed by atoms with van der Waals surface area (Å²) in [4.78, 5) is 10.9. The fourth-order valence-corrected chi connectivity index (χ4v) is 2.40. The lowest BCUT2D eigenvalue weighted by atomic mass is 10.0. The fourth-order valence-electron chi connectivity index (χ4n) is 2.40. The summed E-state index contributed by atoms with van der Waals surface area (Å²) in [7, 11) is 0. The molecule has 1 aliphatic heterocycles. The molecule has 2 heterocycles. The molecular formula is C16H17N3O. The highest BCUT2D eigenvalue weighted by atomic mass is 16.3. The Balaban J connectivity index is 1.82. The number of hydrogen-bond acceptors (Lipinski definition) is 4. The van der Waals surface area contributed by atoms with E-state index in [0.717, 1.165) is 19.5 Å². The van der Waals surface area contributed by atoms with Gasteiger partial charge in [0.1, 0.15) is 0 Å². The van der Waals surface area contributed by atoms with Crippen molar-refractivity contribution in [3.63, 3.8) is 0 Å². The molecule has 0 saturated heterocycles. The van der Waals surface area contributed by atoms with Gasteiger partial charge in [-0.05, 0) is 23.6 Å². The number of anilines is 1. The zero-order chi connectivity index (χ0) is 13.8. The molecule has 0 saturated carbocycles. The molecule has 1 aromatic heterocycles. The lowest BCUT2D eigenvalue weighted by molar-refractivity contribution is 0.276. The van der Waals surface area contributed by atoms with E-state index in [-0.39, 0.29) is 6.61 Å². The largest absolute Gasteiger partial charge is 0.390 e. The molecule has 0 radical (unpaired) electrons. The Morgan fingerprint density at radius 1 is 1.15 bits per heavy atom. The van der Waals surface area contributed by atoms with Gasteiger partial charge in [-0.3, -0.25) is 0 Å². The van der Waals surface area contributed by atoms with Crippen LogP contribution in [0.3, 0.4) is 0 Å². The van der Waals surface area contributed by atoms with Gasteiger partial charge in [0.2, 0.25) is 5.95 Å². The number of hydrogen-bond donors (Lipinski definition) is 1. The molecule has 0 unspecified atom stereocenters. The van der Waals surface area contributed by atoms with Crippen molar-refractivity contribution < 1.29 is 5.11 Å². The highest BCUT2D eigenvalue weighted by molar-refractivity contribution is 5.70. The van der Waals surface area contributed by atoms with E-state index in [1.54, 1.807) is 12.3 Å². The van der Waals surface area contributed by atoms with E-state index in [1.165, 1.54) is 11.1 Å². The van der Waals surface area contributed by atoms with E-state index in [1.807, 2.05) is 6.07 Å². The van der Waals surface area contributed by atoms with Crippen molar-refractivity contribution in [1.29, 1.82) is 0 Å². The van der Waals surface area contributed by atoms with Crippen molar-refractivity contribution in [2.45, 2.75) is 13.0 Å². The van der Waals surface area contributed by atoms with Crippen molar-refractivity contribution in [3.8, 4) is 0 Å². The summed E-state index contributed by atoms with van der Waals surface area (Å²) < 4.78 is 0. The van der Waals surface area contributed by atoms with Crippen LogP contribution >= 0.6 is 0 Å². The Hall–Kier alpha value is -2.20. The topological polar surface area (TPSA) is 49.3 Å². The molecule has 1 aliphatic rings. The minimum atomic E-state index is -0.0509. The molecule has 0 atom stereocenters. The van der Waals surface area contributed by atoms with Crippen molar-refractivity contribution in [2.75, 3.05) is 18.0 Å². The van der Waals surface area contributed by atoms with Crippen LogP contribution in [0.4, 0.5) is 5.95 Å². The summed E-state index contributed by atoms with van der Waals surface area (Å²) in [5, 5.41) is 9.17. The molecule has 20 heavy (non-hydrogen) atoms. The van der Waals surface area contributed by atoms with Crippen LogP contribution in [-0.2, 0) is 6.61 Å². The highest BCUT2D eigenvalue weighted by Gasteiger charge is 2.16. The van der Waals surface area contributed by atoms with Crippen molar-refractivity contribution in [1.82, 2.24) is 9.97 Å². The van der Waals surface area contributed by atoms with Crippen LogP contribution in [0, 0.1) is 0 Å². The van der Waals surface area contributed by atoms with Crippen LogP contribution in [0.1, 0.15) is 17.7 Å². The van der Waals surface area contributed by atoms with Gasteiger partial charge in [-0.2, -0.15) is 0 Å². The van der Waals surface area contributed by atoms with Gasteiger partial charge < -0.3 is 10.0 Å². The van der Waals surface area contributed by atoms with Gasteiger partial charge in [0.05, 0.1) is 12.3 Å². The second-order valence-electron chi connectivity index (χ2n) is 4.81. The first-order valence-electron chi connectivity index (χ1n) is 6.79. The molecule has 0 spiro atoms. The lowest BCUT2D eigenvalue weighted by Gasteiger charge is -2.27. The van der Waals surface area contributed by atoms with Crippen LogP contribution in [-0.4, -0.2) is 28.2 Å². The molecule has 4 heteroatoms. The number of nitrogens with zero attached hydrogens (tertiary/aromatic N) is 3. The van der Waals surface area contributed by atoms with E-state index in [2.05, 4.69) is 45.2 Å². The predicted molar refractivity (Wildman–Crippen MR) is 79.2 cm³/mol. The third-order valence-corrected chi connectivity index (χ3v) is 3.44. The van der Waals surface area contributed by atoms with Gasteiger partial charge in [-0.25, -0.2) is 9.97 Å². The first-order chi connectivity index (χ1) is 9.86. The summed E-state index contributed by atoms with van der Waals surface area (Å²) in [5.41, 5.74) is 3.20. The summed E-state index contributed by atoms with van der Waals surface area (Å²) in [6.07, 6.45) is 4.97. The zero-order valence-electron chi connectivity index (χ0n) is 11.2.